The first kappa shape index (κ1) is 25.6. The van der Waals surface area contributed by atoms with Gasteiger partial charge in [-0.1, -0.05) is 13.3 Å². The van der Waals surface area contributed by atoms with E-state index >= 15 is 0 Å². The largest absolute Gasteiger partial charge is 0.396 e. The third kappa shape index (κ3) is 4.80. The van der Waals surface area contributed by atoms with Crippen LogP contribution in [0.1, 0.15) is 77.6 Å². The highest BCUT2D eigenvalue weighted by molar-refractivity contribution is 6.40. The summed E-state index contributed by atoms with van der Waals surface area (Å²) in [6.07, 6.45) is 15.4. The Bertz CT molecular complexity index is 691. The molecule has 8 fully saturated rings. The molecule has 6 heterocycles. The Hall–Kier alpha value is 0.300. The molecule has 0 aromatic heterocycles. The number of halogens is 2. The summed E-state index contributed by atoms with van der Waals surface area (Å²) in [6.45, 7) is 2.46. The van der Waals surface area contributed by atoms with Gasteiger partial charge in [0.15, 0.2) is 0 Å². The van der Waals surface area contributed by atoms with Crippen LogP contribution in [-0.4, -0.2) is 89.3 Å². The van der Waals surface area contributed by atoms with Crippen LogP contribution in [0.2, 0.25) is 0 Å². The molecule has 0 aromatic carbocycles. The Morgan fingerprint density at radius 2 is 1.11 bits per heavy atom. The summed E-state index contributed by atoms with van der Waals surface area (Å²) in [5.41, 5.74) is -0.0547. The molecule has 2 saturated carbocycles. The predicted octanol–water partition coefficient (Wildman–Crippen LogP) is 4.07. The van der Waals surface area contributed by atoms with Crippen molar-refractivity contribution in [1.29, 1.82) is 0 Å². The average Bonchev–Trinajstić information content (AvgIpc) is 3.71. The maximum absolute atomic E-state index is 9.01. The first-order valence-electron chi connectivity index (χ1n) is 13.7. The summed E-state index contributed by atoms with van der Waals surface area (Å²) in [5.74, 6) is 0. The van der Waals surface area contributed by atoms with Gasteiger partial charge in [0.25, 0.3) is 0 Å². The van der Waals surface area contributed by atoms with Gasteiger partial charge in [0.1, 0.15) is 12.2 Å². The summed E-state index contributed by atoms with van der Waals surface area (Å²) < 4.78 is 36.0. The minimum absolute atomic E-state index is 0.0282. The number of ether oxygens (including phenoxy) is 6. The Labute approximate surface area is 218 Å². The van der Waals surface area contributed by atoms with Crippen molar-refractivity contribution in [3.8, 4) is 0 Å². The molecule has 12 atom stereocenters. The molecule has 2 aliphatic carbocycles. The van der Waals surface area contributed by atoms with Gasteiger partial charge < -0.3 is 33.5 Å². The zero-order valence-corrected chi connectivity index (χ0v) is 22.1. The summed E-state index contributed by atoms with van der Waals surface area (Å²) in [4.78, 5) is 0. The van der Waals surface area contributed by atoms with E-state index in [0.717, 1.165) is 44.9 Å². The minimum Gasteiger partial charge on any atom is -0.396 e. The van der Waals surface area contributed by atoms with Crippen LogP contribution in [0.4, 0.5) is 0 Å². The van der Waals surface area contributed by atoms with Crippen LogP contribution in [0.15, 0.2) is 0 Å². The van der Waals surface area contributed by atoms with Gasteiger partial charge in [-0.05, 0) is 38.5 Å². The zero-order chi connectivity index (χ0) is 24.2. The molecule has 35 heavy (non-hydrogen) atoms. The molecule has 8 aliphatic rings. The van der Waals surface area contributed by atoms with E-state index in [1.54, 1.807) is 0 Å². The Balaban J connectivity index is 0.000000118. The second-order valence-electron chi connectivity index (χ2n) is 11.6. The molecule has 8 rings (SSSR count). The zero-order valence-electron chi connectivity index (χ0n) is 20.6. The predicted molar refractivity (Wildman–Crippen MR) is 130 cm³/mol. The highest BCUT2D eigenvalue weighted by Crippen LogP contribution is 2.56. The molecule has 2 spiro atoms. The molecule has 2 unspecified atom stereocenters. The van der Waals surface area contributed by atoms with Crippen molar-refractivity contribution in [1.82, 2.24) is 0 Å². The van der Waals surface area contributed by atoms with Crippen LogP contribution in [0.3, 0.4) is 0 Å². The topological polar surface area (TPSA) is 82.2 Å². The van der Waals surface area contributed by atoms with Crippen LogP contribution in [-0.2, 0) is 28.4 Å². The number of rotatable bonds is 4. The molecule has 7 nitrogen and oxygen atoms in total. The number of aliphatic hydroxyl groups is 1. The normalized spacial score (nSPS) is 53.5. The first-order valence-corrected chi connectivity index (χ1v) is 14.8. The third-order valence-corrected chi connectivity index (χ3v) is 9.38. The SMILES string of the molecule is CCC[C@H]1CC[C@@H]2O[C@@H]3C[C@]2(C[C@H]2OC23)O1.ClCCl.OCC[C@H]1CC[C@@H]2O[C@@H]3C[C@]2(C[C@H]2OC23)O1. The highest BCUT2D eigenvalue weighted by Gasteiger charge is 2.67. The number of epoxide rings is 2. The molecule has 0 radical (unpaired) electrons. The Morgan fingerprint density at radius 3 is 1.54 bits per heavy atom. The molecule has 200 valence electrons. The number of alkyl halides is 2. The van der Waals surface area contributed by atoms with Crippen LogP contribution in [0.5, 0.6) is 0 Å². The second-order valence-corrected chi connectivity index (χ2v) is 12.4. The fourth-order valence-corrected chi connectivity index (χ4v) is 7.84. The lowest BCUT2D eigenvalue weighted by molar-refractivity contribution is -0.172. The summed E-state index contributed by atoms with van der Waals surface area (Å²) in [7, 11) is 0. The average molecular weight is 536 g/mol. The van der Waals surface area contributed by atoms with E-state index in [9.17, 15) is 0 Å². The molecule has 9 heteroatoms. The number of aliphatic hydroxyl groups excluding tert-OH is 1. The smallest absolute Gasteiger partial charge is 0.110 e. The van der Waals surface area contributed by atoms with Crippen molar-refractivity contribution in [2.45, 2.75) is 150 Å². The number of hydrogen-bond donors (Lipinski definition) is 1. The Morgan fingerprint density at radius 1 is 0.686 bits per heavy atom. The molecular formula is C26H40Cl2O7. The van der Waals surface area contributed by atoms with E-state index in [1.165, 1.54) is 25.7 Å². The minimum atomic E-state index is -0.0829. The van der Waals surface area contributed by atoms with Crippen molar-refractivity contribution in [3.63, 3.8) is 0 Å². The van der Waals surface area contributed by atoms with E-state index < -0.39 is 0 Å². The van der Waals surface area contributed by atoms with E-state index in [4.69, 9.17) is 56.7 Å². The molecule has 1 N–H and O–H groups in total. The standard InChI is InChI=1S/C13H20O3.C12H18O4.CH2Cl2/c1-2-3-8-4-5-11-13(16-8)6-9(14-11)12-10(7-13)15-12;13-4-3-7-1-2-10-12(16-7)5-8(14-10)11-9(6-12)15-11;2-1-3/h8-12H,2-7H2,1H3;7-11,13H,1-6H2;1H2/t8-,9+,10+,11-,12?,13+;7-,8-,9-,10+,11?,12-;/m01./s1. The summed E-state index contributed by atoms with van der Waals surface area (Å²) >= 11 is 9.53. The molecule has 0 amide bonds. The molecular weight excluding hydrogens is 495 g/mol. The van der Waals surface area contributed by atoms with Crippen LogP contribution in [0, 0.1) is 0 Å². The second kappa shape index (κ2) is 10.1. The van der Waals surface area contributed by atoms with E-state index in [0.29, 0.717) is 42.7 Å². The lowest BCUT2D eigenvalue weighted by Gasteiger charge is -2.42. The number of fused-ring (bicyclic) bond motifs is 6. The fraction of sp³-hybridized carbons (Fsp3) is 1.00. The van der Waals surface area contributed by atoms with Gasteiger partial charge in [-0.15, -0.1) is 23.2 Å². The van der Waals surface area contributed by atoms with Crippen molar-refractivity contribution in [3.05, 3.63) is 0 Å². The van der Waals surface area contributed by atoms with Crippen LogP contribution in [0.25, 0.3) is 0 Å². The summed E-state index contributed by atoms with van der Waals surface area (Å²) in [5, 5.41) is 9.20. The monoisotopic (exact) mass is 534 g/mol. The molecule has 6 saturated heterocycles. The van der Waals surface area contributed by atoms with Crippen molar-refractivity contribution in [2.24, 2.45) is 0 Å². The van der Waals surface area contributed by atoms with Gasteiger partial charge in [-0.2, -0.15) is 0 Å². The van der Waals surface area contributed by atoms with Crippen molar-refractivity contribution in [2.75, 3.05) is 11.9 Å². The number of hydrogen-bond acceptors (Lipinski definition) is 7. The summed E-state index contributed by atoms with van der Waals surface area (Å²) in [6, 6.07) is 0. The maximum Gasteiger partial charge on any atom is 0.110 e. The lowest BCUT2D eigenvalue weighted by atomic mass is 9.78. The van der Waals surface area contributed by atoms with Gasteiger partial charge >= 0.3 is 0 Å². The van der Waals surface area contributed by atoms with Crippen LogP contribution >= 0.6 is 23.2 Å². The van der Waals surface area contributed by atoms with Gasteiger partial charge in [0.2, 0.25) is 0 Å². The van der Waals surface area contributed by atoms with E-state index in [2.05, 4.69) is 6.92 Å². The first-order chi connectivity index (χ1) is 17.0. The quantitative estimate of drug-likeness (QED) is 0.429. The molecule has 0 aromatic rings. The molecule has 4 bridgehead atoms. The van der Waals surface area contributed by atoms with Gasteiger partial charge in [0.05, 0.1) is 65.4 Å². The molecule has 6 aliphatic heterocycles. The van der Waals surface area contributed by atoms with Gasteiger partial charge in [-0.25, -0.2) is 0 Å². The van der Waals surface area contributed by atoms with Crippen molar-refractivity contribution >= 4 is 23.2 Å². The van der Waals surface area contributed by atoms with Gasteiger partial charge in [-0.3, -0.25) is 0 Å². The fourth-order valence-electron chi connectivity index (χ4n) is 7.84. The third-order valence-electron chi connectivity index (χ3n) is 9.38. The lowest BCUT2D eigenvalue weighted by Crippen LogP contribution is -2.50. The van der Waals surface area contributed by atoms with Crippen molar-refractivity contribution < 1.29 is 33.5 Å². The van der Waals surface area contributed by atoms with E-state index in [-0.39, 0.29) is 41.5 Å². The van der Waals surface area contributed by atoms with E-state index in [1.807, 2.05) is 0 Å². The maximum atomic E-state index is 9.01. The van der Waals surface area contributed by atoms with Gasteiger partial charge in [0, 0.05) is 32.3 Å². The highest BCUT2D eigenvalue weighted by atomic mass is 35.5. The van der Waals surface area contributed by atoms with Crippen LogP contribution < -0.4 is 0 Å². The Kier molecular flexibility index (Phi) is 7.40.